The lowest BCUT2D eigenvalue weighted by Crippen LogP contribution is -2.48. The van der Waals surface area contributed by atoms with Gasteiger partial charge in [0.2, 0.25) is 0 Å². The minimum Gasteiger partial charge on any atom is -0.496 e. The van der Waals surface area contributed by atoms with Crippen LogP contribution in [0, 0.1) is 11.8 Å². The second-order valence-corrected chi connectivity index (χ2v) is 6.36. The molecular formula is C17H28N2O. The first-order chi connectivity index (χ1) is 9.52. The third kappa shape index (κ3) is 3.33. The van der Waals surface area contributed by atoms with Gasteiger partial charge in [-0.2, -0.15) is 0 Å². The van der Waals surface area contributed by atoms with Crippen LogP contribution in [0.5, 0.6) is 5.75 Å². The van der Waals surface area contributed by atoms with Gasteiger partial charge < -0.3 is 10.5 Å². The van der Waals surface area contributed by atoms with Crippen LogP contribution in [0.15, 0.2) is 24.3 Å². The Hall–Kier alpha value is -1.06. The van der Waals surface area contributed by atoms with Crippen LogP contribution in [0.25, 0.3) is 0 Å². The summed E-state index contributed by atoms with van der Waals surface area (Å²) in [5.41, 5.74) is 7.54. The Morgan fingerprint density at radius 1 is 1.30 bits per heavy atom. The monoisotopic (exact) mass is 276 g/mol. The molecule has 2 N–H and O–H groups in total. The number of nitrogens with zero attached hydrogens (tertiary/aromatic N) is 1. The highest BCUT2D eigenvalue weighted by Crippen LogP contribution is 2.30. The van der Waals surface area contributed by atoms with Crippen molar-refractivity contribution in [2.45, 2.75) is 39.3 Å². The molecule has 1 heterocycles. The van der Waals surface area contributed by atoms with Gasteiger partial charge >= 0.3 is 0 Å². The minimum atomic E-state index is 0.00565. The number of ether oxygens (including phenoxy) is 1. The van der Waals surface area contributed by atoms with Crippen molar-refractivity contribution in [3.05, 3.63) is 29.8 Å². The Bertz CT molecular complexity index is 435. The maximum absolute atomic E-state index is 6.43. The number of hydrogen-bond donors (Lipinski definition) is 1. The van der Waals surface area contributed by atoms with Crippen LogP contribution in [0.1, 0.15) is 38.8 Å². The Balaban J connectivity index is 2.08. The van der Waals surface area contributed by atoms with Gasteiger partial charge in [-0.3, -0.25) is 4.90 Å². The highest BCUT2D eigenvalue weighted by atomic mass is 16.5. The first kappa shape index (κ1) is 15.3. The summed E-state index contributed by atoms with van der Waals surface area (Å²) >= 11 is 0. The summed E-state index contributed by atoms with van der Waals surface area (Å²) in [6.07, 6.45) is 1.32. The zero-order valence-corrected chi connectivity index (χ0v) is 13.2. The molecule has 0 aromatic heterocycles. The van der Waals surface area contributed by atoms with Crippen LogP contribution < -0.4 is 10.5 Å². The van der Waals surface area contributed by atoms with E-state index in [4.69, 9.17) is 10.5 Å². The van der Waals surface area contributed by atoms with Gasteiger partial charge in [0.1, 0.15) is 5.75 Å². The Kier molecular flexibility index (Phi) is 5.06. The summed E-state index contributed by atoms with van der Waals surface area (Å²) < 4.78 is 5.43. The van der Waals surface area contributed by atoms with E-state index in [9.17, 15) is 0 Å². The molecule has 1 fully saturated rings. The molecule has 0 radical (unpaired) electrons. The van der Waals surface area contributed by atoms with Crippen LogP contribution in [-0.2, 0) is 0 Å². The molecule has 4 unspecified atom stereocenters. The fourth-order valence-corrected chi connectivity index (χ4v) is 3.40. The van der Waals surface area contributed by atoms with Gasteiger partial charge in [-0.1, -0.05) is 32.0 Å². The van der Waals surface area contributed by atoms with Crippen LogP contribution in [-0.4, -0.2) is 31.1 Å². The highest BCUT2D eigenvalue weighted by molar-refractivity contribution is 5.35. The SMILES string of the molecule is COc1ccccc1C(N)CN1CC(C)CC(C)C1C. The second kappa shape index (κ2) is 6.59. The molecule has 0 aliphatic carbocycles. The van der Waals surface area contributed by atoms with Gasteiger partial charge in [-0.15, -0.1) is 0 Å². The zero-order valence-electron chi connectivity index (χ0n) is 13.2. The molecule has 3 nitrogen and oxygen atoms in total. The van der Waals surface area contributed by atoms with E-state index in [0.29, 0.717) is 6.04 Å². The normalized spacial score (nSPS) is 29.1. The average molecular weight is 276 g/mol. The lowest BCUT2D eigenvalue weighted by Gasteiger charge is -2.42. The lowest BCUT2D eigenvalue weighted by molar-refractivity contribution is 0.0739. The van der Waals surface area contributed by atoms with Gasteiger partial charge in [0.05, 0.1) is 7.11 Å². The summed E-state index contributed by atoms with van der Waals surface area (Å²) in [6, 6.07) is 8.69. The van der Waals surface area contributed by atoms with Crippen LogP contribution in [0.3, 0.4) is 0 Å². The Morgan fingerprint density at radius 2 is 2.00 bits per heavy atom. The van der Waals surface area contributed by atoms with Crippen molar-refractivity contribution in [3.8, 4) is 5.75 Å². The number of likely N-dealkylation sites (tertiary alicyclic amines) is 1. The van der Waals surface area contributed by atoms with Crippen LogP contribution >= 0.6 is 0 Å². The minimum absolute atomic E-state index is 0.00565. The van der Waals surface area contributed by atoms with E-state index in [0.717, 1.165) is 36.2 Å². The Morgan fingerprint density at radius 3 is 2.70 bits per heavy atom. The summed E-state index contributed by atoms with van der Waals surface area (Å²) in [7, 11) is 1.71. The van der Waals surface area contributed by atoms with Crippen molar-refractivity contribution < 1.29 is 4.74 Å². The maximum Gasteiger partial charge on any atom is 0.123 e. The molecule has 0 bridgehead atoms. The second-order valence-electron chi connectivity index (χ2n) is 6.36. The van der Waals surface area contributed by atoms with Gasteiger partial charge in [0.15, 0.2) is 0 Å². The molecule has 1 saturated heterocycles. The van der Waals surface area contributed by atoms with E-state index >= 15 is 0 Å². The van der Waals surface area contributed by atoms with Crippen LogP contribution in [0.4, 0.5) is 0 Å². The van der Waals surface area contributed by atoms with Gasteiger partial charge in [-0.25, -0.2) is 0 Å². The van der Waals surface area contributed by atoms with Gasteiger partial charge in [0, 0.05) is 30.7 Å². The van der Waals surface area contributed by atoms with Crippen molar-refractivity contribution in [2.24, 2.45) is 17.6 Å². The fraction of sp³-hybridized carbons (Fsp3) is 0.647. The number of hydrogen-bond acceptors (Lipinski definition) is 3. The molecule has 0 spiro atoms. The molecule has 1 aromatic carbocycles. The number of rotatable bonds is 4. The van der Waals surface area contributed by atoms with E-state index < -0.39 is 0 Å². The molecule has 2 rings (SSSR count). The summed E-state index contributed by atoms with van der Waals surface area (Å²) in [6.45, 7) is 9.06. The molecule has 20 heavy (non-hydrogen) atoms. The summed E-state index contributed by atoms with van der Waals surface area (Å²) in [5, 5.41) is 0. The molecule has 1 aliphatic rings. The standard InChI is InChI=1S/C17H28N2O/c1-12-9-13(2)14(3)19(10-12)11-16(18)15-7-5-6-8-17(15)20-4/h5-8,12-14,16H,9-11,18H2,1-4H3. The summed E-state index contributed by atoms with van der Waals surface area (Å²) in [4.78, 5) is 2.54. The number of benzene rings is 1. The third-order valence-corrected chi connectivity index (χ3v) is 4.69. The van der Waals surface area contributed by atoms with Gasteiger partial charge in [-0.05, 0) is 31.2 Å². The van der Waals surface area contributed by atoms with Crippen molar-refractivity contribution in [1.29, 1.82) is 0 Å². The van der Waals surface area contributed by atoms with Crippen molar-refractivity contribution in [2.75, 3.05) is 20.2 Å². The predicted molar refractivity (Wildman–Crippen MR) is 83.9 cm³/mol. The molecule has 4 atom stereocenters. The van der Waals surface area contributed by atoms with E-state index in [-0.39, 0.29) is 6.04 Å². The number of piperidine rings is 1. The molecule has 1 aromatic rings. The zero-order chi connectivity index (χ0) is 14.7. The summed E-state index contributed by atoms with van der Waals surface area (Å²) in [5.74, 6) is 2.39. The van der Waals surface area contributed by atoms with E-state index in [1.165, 1.54) is 6.42 Å². The quantitative estimate of drug-likeness (QED) is 0.918. The van der Waals surface area contributed by atoms with E-state index in [1.807, 2.05) is 18.2 Å². The largest absolute Gasteiger partial charge is 0.496 e. The predicted octanol–water partition coefficient (Wildman–Crippen LogP) is 3.06. The smallest absolute Gasteiger partial charge is 0.123 e. The lowest BCUT2D eigenvalue weighted by atomic mass is 9.85. The van der Waals surface area contributed by atoms with E-state index in [1.54, 1.807) is 7.11 Å². The molecule has 0 amide bonds. The number of para-hydroxylation sites is 1. The maximum atomic E-state index is 6.43. The fourth-order valence-electron chi connectivity index (χ4n) is 3.40. The average Bonchev–Trinajstić information content (AvgIpc) is 2.44. The third-order valence-electron chi connectivity index (χ3n) is 4.69. The Labute approximate surface area is 123 Å². The van der Waals surface area contributed by atoms with Crippen molar-refractivity contribution in [1.82, 2.24) is 4.90 Å². The van der Waals surface area contributed by atoms with Crippen molar-refractivity contribution in [3.63, 3.8) is 0 Å². The molecular weight excluding hydrogens is 248 g/mol. The van der Waals surface area contributed by atoms with Gasteiger partial charge in [0.25, 0.3) is 0 Å². The molecule has 112 valence electrons. The number of methoxy groups -OCH3 is 1. The van der Waals surface area contributed by atoms with E-state index in [2.05, 4.69) is 31.7 Å². The highest BCUT2D eigenvalue weighted by Gasteiger charge is 2.30. The molecule has 1 aliphatic heterocycles. The number of nitrogens with two attached hydrogens (primary N) is 1. The molecule has 0 saturated carbocycles. The first-order valence-electron chi connectivity index (χ1n) is 7.65. The first-order valence-corrected chi connectivity index (χ1v) is 7.65. The van der Waals surface area contributed by atoms with Crippen LogP contribution in [0.2, 0.25) is 0 Å². The van der Waals surface area contributed by atoms with Crippen molar-refractivity contribution >= 4 is 0 Å². The molecule has 3 heteroatoms. The topological polar surface area (TPSA) is 38.5 Å².